The van der Waals surface area contributed by atoms with E-state index in [1.54, 1.807) is 0 Å². The Kier molecular flexibility index (Phi) is 6.61. The summed E-state index contributed by atoms with van der Waals surface area (Å²) in [5, 5.41) is 9.30. The molecule has 0 aliphatic heterocycles. The Hall–Kier alpha value is -0.0461. The monoisotopic (exact) mass is 295 g/mol. The summed E-state index contributed by atoms with van der Waals surface area (Å²) in [6.45, 7) is 8.10. The molecule has 0 aromatic heterocycles. The molecule has 3 heteroatoms. The zero-order chi connectivity index (χ0) is 11.6. The molecule has 0 atom stereocenters. The zero-order valence-corrected chi connectivity index (χ0v) is 13.3. The summed E-state index contributed by atoms with van der Waals surface area (Å²) in [4.78, 5) is 10.6. The first-order valence-electron chi connectivity index (χ1n) is 5.17. The number of carbonyl (C=O) groups is 1. The van der Waals surface area contributed by atoms with Gasteiger partial charge in [-0.15, -0.1) is 0 Å². The number of aldehydes is 1. The minimum Gasteiger partial charge on any atom is -0.392 e. The summed E-state index contributed by atoms with van der Waals surface area (Å²) in [6.07, 6.45) is 1.40. The normalized spacial score (nSPS) is 9.81. The van der Waals surface area contributed by atoms with Crippen molar-refractivity contribution in [1.29, 1.82) is 0 Å². The first-order valence-corrected chi connectivity index (χ1v) is 5.17. The van der Waals surface area contributed by atoms with Crippen LogP contribution in [0.3, 0.4) is 0 Å². The van der Waals surface area contributed by atoms with E-state index in [0.717, 1.165) is 39.7 Å². The number of rotatable bonds is 3. The van der Waals surface area contributed by atoms with Gasteiger partial charge in [0.25, 0.3) is 0 Å². The van der Waals surface area contributed by atoms with Gasteiger partial charge in [0, 0.05) is 39.1 Å². The van der Waals surface area contributed by atoms with Crippen molar-refractivity contribution in [1.82, 2.24) is 0 Å². The Morgan fingerprint density at radius 3 is 1.62 bits per heavy atom. The van der Waals surface area contributed by atoms with E-state index < -0.39 is 0 Å². The largest absolute Gasteiger partial charge is 0.392 e. The van der Waals surface area contributed by atoms with Crippen LogP contribution in [0, 0.1) is 27.7 Å². The van der Waals surface area contributed by atoms with E-state index in [-0.39, 0.29) is 39.3 Å². The van der Waals surface area contributed by atoms with Crippen LogP contribution in [-0.2, 0) is 50.5 Å². The van der Waals surface area contributed by atoms with Crippen LogP contribution in [0.4, 0.5) is 0 Å². The third-order valence-corrected chi connectivity index (χ3v) is 3.38. The van der Waals surface area contributed by atoms with E-state index in [1.165, 1.54) is 0 Å². The summed E-state index contributed by atoms with van der Waals surface area (Å²) < 4.78 is 0. The Bertz CT molecular complexity index is 368. The van der Waals surface area contributed by atoms with Gasteiger partial charge in [0.15, 0.2) is 0 Å². The molecular formula is C13H18O2Y. The van der Waals surface area contributed by atoms with Gasteiger partial charge in [-0.25, -0.2) is 0 Å². The Balaban J connectivity index is 0.00000225. The van der Waals surface area contributed by atoms with Gasteiger partial charge in [-0.1, -0.05) is 0 Å². The summed E-state index contributed by atoms with van der Waals surface area (Å²) in [7, 11) is 0. The molecule has 1 N–H and O–H groups in total. The van der Waals surface area contributed by atoms with E-state index >= 15 is 0 Å². The van der Waals surface area contributed by atoms with Crippen LogP contribution >= 0.6 is 0 Å². The molecule has 0 saturated heterocycles. The van der Waals surface area contributed by atoms with Crippen LogP contribution in [0.2, 0.25) is 0 Å². The maximum absolute atomic E-state index is 10.6. The second-order valence-corrected chi connectivity index (χ2v) is 3.99. The smallest absolute Gasteiger partial charge is 0.124 e. The van der Waals surface area contributed by atoms with E-state index in [4.69, 9.17) is 0 Å². The van der Waals surface area contributed by atoms with Crippen LogP contribution in [0.1, 0.15) is 33.4 Å². The van der Waals surface area contributed by atoms with Gasteiger partial charge in [0.2, 0.25) is 0 Å². The number of carbonyl (C=O) groups excluding carboxylic acids is 1. The molecule has 16 heavy (non-hydrogen) atoms. The molecule has 1 radical (unpaired) electrons. The van der Waals surface area contributed by atoms with Crippen molar-refractivity contribution in [3.05, 3.63) is 33.4 Å². The quantitative estimate of drug-likeness (QED) is 0.868. The number of hydrogen-bond acceptors (Lipinski definition) is 2. The molecule has 0 aliphatic carbocycles. The SMILES string of the molecule is Cc1c(C)c(CC=O)c(C)c(C)c1CO.[Y]. The van der Waals surface area contributed by atoms with Gasteiger partial charge in [-0.3, -0.25) is 0 Å². The van der Waals surface area contributed by atoms with Crippen LogP contribution in [0.5, 0.6) is 0 Å². The molecule has 1 rings (SSSR count). The van der Waals surface area contributed by atoms with Crippen molar-refractivity contribution in [2.45, 2.75) is 40.7 Å². The van der Waals surface area contributed by atoms with Crippen molar-refractivity contribution >= 4 is 6.29 Å². The number of aliphatic hydroxyl groups excluding tert-OH is 1. The van der Waals surface area contributed by atoms with E-state index in [0.29, 0.717) is 6.42 Å². The predicted molar refractivity (Wildman–Crippen MR) is 61.1 cm³/mol. The number of benzene rings is 1. The second kappa shape index (κ2) is 6.63. The molecule has 0 heterocycles. The van der Waals surface area contributed by atoms with Crippen LogP contribution < -0.4 is 0 Å². The third kappa shape index (κ3) is 2.79. The molecule has 0 bridgehead atoms. The van der Waals surface area contributed by atoms with Gasteiger partial charge < -0.3 is 9.90 Å². The molecule has 0 saturated carbocycles. The predicted octanol–water partition coefficient (Wildman–Crippen LogP) is 2.15. The van der Waals surface area contributed by atoms with Gasteiger partial charge in [0.1, 0.15) is 6.29 Å². The molecular weight excluding hydrogens is 277 g/mol. The van der Waals surface area contributed by atoms with E-state index in [9.17, 15) is 9.90 Å². The van der Waals surface area contributed by atoms with E-state index in [2.05, 4.69) is 0 Å². The van der Waals surface area contributed by atoms with Gasteiger partial charge in [-0.05, 0) is 61.1 Å². The molecule has 1 aromatic rings. The molecule has 0 fully saturated rings. The van der Waals surface area contributed by atoms with Gasteiger partial charge in [-0.2, -0.15) is 0 Å². The van der Waals surface area contributed by atoms with Crippen molar-refractivity contribution in [3.8, 4) is 0 Å². The van der Waals surface area contributed by atoms with Gasteiger partial charge >= 0.3 is 0 Å². The fraction of sp³-hybridized carbons (Fsp3) is 0.462. The summed E-state index contributed by atoms with van der Waals surface area (Å²) in [5.41, 5.74) is 6.59. The molecule has 0 amide bonds. The topological polar surface area (TPSA) is 37.3 Å². The Morgan fingerprint density at radius 2 is 1.31 bits per heavy atom. The first-order chi connectivity index (χ1) is 7.04. The molecule has 0 spiro atoms. The number of hydrogen-bond donors (Lipinski definition) is 1. The average molecular weight is 295 g/mol. The third-order valence-electron chi connectivity index (χ3n) is 3.38. The zero-order valence-electron chi connectivity index (χ0n) is 10.4. The van der Waals surface area contributed by atoms with Crippen molar-refractivity contribution in [2.24, 2.45) is 0 Å². The molecule has 0 unspecified atom stereocenters. The number of aliphatic hydroxyl groups is 1. The summed E-state index contributed by atoms with van der Waals surface area (Å²) >= 11 is 0. The van der Waals surface area contributed by atoms with Crippen LogP contribution in [0.25, 0.3) is 0 Å². The first kappa shape index (κ1) is 16.0. The molecule has 85 valence electrons. The maximum Gasteiger partial charge on any atom is 0.124 e. The summed E-state index contributed by atoms with van der Waals surface area (Å²) in [5.74, 6) is 0. The fourth-order valence-corrected chi connectivity index (χ4v) is 2.09. The maximum atomic E-state index is 10.6. The average Bonchev–Trinajstić information content (AvgIpc) is 2.23. The fourth-order valence-electron chi connectivity index (χ4n) is 2.09. The second-order valence-electron chi connectivity index (χ2n) is 3.99. The summed E-state index contributed by atoms with van der Waals surface area (Å²) in [6, 6.07) is 0. The molecule has 0 aliphatic rings. The standard InChI is InChI=1S/C13H18O2.Y/c1-8-10(3)13(7-15)11(4)9(2)12(8)5-6-14;/h6,15H,5,7H2,1-4H3;. The van der Waals surface area contributed by atoms with Crippen molar-refractivity contribution in [3.63, 3.8) is 0 Å². The van der Waals surface area contributed by atoms with Crippen LogP contribution in [0.15, 0.2) is 0 Å². The molecule has 2 nitrogen and oxygen atoms in total. The van der Waals surface area contributed by atoms with Gasteiger partial charge in [0.05, 0.1) is 6.61 Å². The van der Waals surface area contributed by atoms with Crippen molar-refractivity contribution < 1.29 is 42.6 Å². The minimum absolute atomic E-state index is 0. The minimum atomic E-state index is 0. The Morgan fingerprint density at radius 1 is 0.938 bits per heavy atom. The molecule has 1 aromatic carbocycles. The van der Waals surface area contributed by atoms with E-state index in [1.807, 2.05) is 27.7 Å². The van der Waals surface area contributed by atoms with Crippen LogP contribution in [-0.4, -0.2) is 11.4 Å². The Labute approximate surface area is 122 Å². The van der Waals surface area contributed by atoms with Crippen molar-refractivity contribution in [2.75, 3.05) is 0 Å².